The number of unbranched alkanes of at least 4 members (excludes halogenated alkanes) is 1. The number of nitrogens with zero attached hydrogens (tertiary/aromatic N) is 12. The number of rotatable bonds is 27. The van der Waals surface area contributed by atoms with Gasteiger partial charge in [-0.25, -0.2) is 25.0 Å². The minimum atomic E-state index is -1.02. The highest BCUT2D eigenvalue weighted by Crippen LogP contribution is 2.46. The van der Waals surface area contributed by atoms with Crippen molar-refractivity contribution in [3.8, 4) is 28.0 Å². The molecule has 730 valence electrons. The van der Waals surface area contributed by atoms with E-state index in [4.69, 9.17) is 71.6 Å². The van der Waals surface area contributed by atoms with Crippen LogP contribution in [0.1, 0.15) is 282 Å². The van der Waals surface area contributed by atoms with Crippen molar-refractivity contribution in [3.63, 3.8) is 0 Å². The van der Waals surface area contributed by atoms with Gasteiger partial charge in [0, 0.05) is 96.9 Å². The second kappa shape index (κ2) is 45.5. The Balaban J connectivity index is 0.000000143. The van der Waals surface area contributed by atoms with Crippen molar-refractivity contribution in [2.24, 2.45) is 95.1 Å². The van der Waals surface area contributed by atoms with Gasteiger partial charge in [-0.2, -0.15) is 0 Å². The first-order chi connectivity index (χ1) is 64.1. The number of likely N-dealkylation sites (N-methyl/N-ethyl adjacent to an activating group) is 5. The van der Waals surface area contributed by atoms with Gasteiger partial charge in [-0.3, -0.25) is 62.9 Å². The molecule has 5 aliphatic carbocycles. The Morgan fingerprint density at radius 2 is 0.828 bits per heavy atom. The van der Waals surface area contributed by atoms with E-state index in [2.05, 4.69) is 27.5 Å². The van der Waals surface area contributed by atoms with E-state index in [1.807, 2.05) is 94.7 Å². The molecule has 12 N–H and O–H groups in total. The number of amides is 8. The molecule has 3 saturated heterocycles. The van der Waals surface area contributed by atoms with Crippen molar-refractivity contribution >= 4 is 100 Å². The van der Waals surface area contributed by atoms with Crippen molar-refractivity contribution in [1.29, 1.82) is 0 Å². The topological polar surface area (TPSA) is 384 Å². The van der Waals surface area contributed by atoms with Crippen molar-refractivity contribution in [2.45, 2.75) is 311 Å². The Hall–Kier alpha value is -9.67. The second-order valence-corrected chi connectivity index (χ2v) is 42.1. The normalized spacial score (nSPS) is 28.0. The minimum absolute atomic E-state index is 0.0524. The van der Waals surface area contributed by atoms with Crippen molar-refractivity contribution in [1.82, 2.24) is 44.9 Å². The largest absolute Gasteiger partial charge is 0.497 e. The van der Waals surface area contributed by atoms with E-state index in [1.165, 1.54) is 137 Å². The van der Waals surface area contributed by atoms with Gasteiger partial charge in [0.25, 0.3) is 29.5 Å². The van der Waals surface area contributed by atoms with Crippen LogP contribution in [0.25, 0.3) is 22.3 Å². The number of benzene rings is 4. The first kappa shape index (κ1) is 102. The molecule has 4 aromatic rings. The number of nitrogens with two attached hydrogens (primary N) is 5. The molecule has 3 unspecified atom stereocenters. The van der Waals surface area contributed by atoms with Crippen LogP contribution in [0.2, 0.25) is 10.0 Å². The van der Waals surface area contributed by atoms with Crippen molar-refractivity contribution in [2.75, 3.05) is 75.1 Å². The van der Waals surface area contributed by atoms with Gasteiger partial charge in [-0.05, 0) is 240 Å². The van der Waals surface area contributed by atoms with Gasteiger partial charge in [-0.1, -0.05) is 207 Å². The van der Waals surface area contributed by atoms with E-state index < -0.39 is 27.7 Å². The van der Waals surface area contributed by atoms with Crippen LogP contribution in [-0.4, -0.2) is 215 Å². The molecule has 0 radical (unpaired) electrons. The average molecular weight is 1880 g/mol. The summed E-state index contributed by atoms with van der Waals surface area (Å²) >= 11 is 12.1. The summed E-state index contributed by atoms with van der Waals surface area (Å²) in [6.07, 6.45) is 43.1. The number of carbonyl (C=O) groups is 8. The van der Waals surface area contributed by atoms with Crippen LogP contribution in [0.15, 0.2) is 116 Å². The molecular formula is C104H151Cl2N19O9. The lowest BCUT2D eigenvalue weighted by atomic mass is 9.74. The molecule has 8 heterocycles. The molecule has 0 bridgehead atoms. The number of carbonyl (C=O) groups excluding carboxylic acids is 8. The summed E-state index contributed by atoms with van der Waals surface area (Å²) in [6.45, 7) is 9.62. The fourth-order valence-corrected chi connectivity index (χ4v) is 23.8. The highest BCUT2D eigenvalue weighted by atomic mass is 35.5. The second-order valence-electron chi connectivity index (χ2n) is 41.2. The predicted molar refractivity (Wildman–Crippen MR) is 532 cm³/mol. The van der Waals surface area contributed by atoms with Crippen LogP contribution >= 0.6 is 23.2 Å². The summed E-state index contributed by atoms with van der Waals surface area (Å²) < 4.78 is 5.27. The molecule has 0 aromatic heterocycles. The Bertz CT molecular complexity index is 4960. The molecule has 13 aliphatic rings. The lowest BCUT2D eigenvalue weighted by Gasteiger charge is -2.36. The molecule has 30 heteroatoms. The molecule has 17 rings (SSSR count). The third-order valence-corrected chi connectivity index (χ3v) is 32.0. The molecule has 8 amide bonds. The van der Waals surface area contributed by atoms with Crippen LogP contribution in [0.3, 0.4) is 0 Å². The van der Waals surface area contributed by atoms with E-state index in [1.54, 1.807) is 72.1 Å². The van der Waals surface area contributed by atoms with Gasteiger partial charge in [0.2, 0.25) is 17.7 Å². The van der Waals surface area contributed by atoms with Gasteiger partial charge in [0.05, 0.1) is 13.2 Å². The van der Waals surface area contributed by atoms with E-state index >= 15 is 0 Å². The fraction of sp³-hybridized carbons (Fsp3) is 0.644. The smallest absolute Gasteiger partial charge is 0.261 e. The van der Waals surface area contributed by atoms with E-state index in [0.717, 1.165) is 205 Å². The molecule has 134 heavy (non-hydrogen) atoms. The lowest BCUT2D eigenvalue weighted by molar-refractivity contribution is -0.132. The van der Waals surface area contributed by atoms with Gasteiger partial charge in [0.15, 0.2) is 40.9 Å². The van der Waals surface area contributed by atoms with Gasteiger partial charge in [0.1, 0.15) is 22.4 Å². The number of halogens is 2. The van der Waals surface area contributed by atoms with Gasteiger partial charge in [-0.15, -0.1) is 0 Å². The number of aliphatic imine (C=N–C) groups is 5. The molecular weight excluding hydrogens is 1730 g/mol. The molecule has 10 atom stereocenters. The number of methoxy groups -OCH3 is 1. The van der Waals surface area contributed by atoms with Gasteiger partial charge >= 0.3 is 0 Å². The maximum Gasteiger partial charge on any atom is 0.261 e. The lowest BCUT2D eigenvalue weighted by Crippen LogP contribution is -2.47. The van der Waals surface area contributed by atoms with Crippen LogP contribution in [-0.2, 0) is 49.4 Å². The molecule has 28 nitrogen and oxygen atoms in total. The number of hydrogen-bond donors (Lipinski definition) is 7. The number of hydrogen-bond acceptors (Lipinski definition) is 20. The zero-order valence-electron chi connectivity index (χ0n) is 81.2. The van der Waals surface area contributed by atoms with Crippen LogP contribution in [0.5, 0.6) is 5.75 Å². The van der Waals surface area contributed by atoms with E-state index in [9.17, 15) is 38.4 Å². The van der Waals surface area contributed by atoms with E-state index in [0.29, 0.717) is 76.4 Å². The minimum Gasteiger partial charge on any atom is -0.497 e. The summed E-state index contributed by atoms with van der Waals surface area (Å²) in [5, 5.41) is 7.61. The summed E-state index contributed by atoms with van der Waals surface area (Å²) in [4.78, 5) is 136. The average Bonchev–Trinajstić information content (AvgIpc) is 1.61. The Labute approximate surface area is 804 Å². The predicted octanol–water partition coefficient (Wildman–Crippen LogP) is 15.3. The summed E-state index contributed by atoms with van der Waals surface area (Å²) in [5.41, 5.74) is 31.1. The first-order valence-electron chi connectivity index (χ1n) is 50.2. The SMILES string of the molecule is CCCCC(=O)N1CC[C@H](C[C@]2(CCC3CCCCC3)N=C(N)N(C)C2=O)C1.CN1C(=O)C(C)(c2cccc(-c3cc(Cl)cc(Cl)c3)c2)N=C1N.CN1C(=O)[C@@](CCC2CCCCC2)(C[C@H]2CCCC(N[C@@H]3CCNC3=O)C2)N=C1N.CN1C(=O)[C@](CCC2CCCCC2)(C[C@H]2CCN(C(=O)CC3CCCC3)C2)N=C1N.COc1cccc(-c2cccc(C3(C)N=C(N)N(C)C3=O)c2)c1. The summed E-state index contributed by atoms with van der Waals surface area (Å²) in [7, 11) is 10.1. The maximum atomic E-state index is 13.3. The highest BCUT2D eigenvalue weighted by Gasteiger charge is 2.53. The first-order valence-corrected chi connectivity index (χ1v) is 51.0. The Morgan fingerprint density at radius 3 is 1.23 bits per heavy atom. The highest BCUT2D eigenvalue weighted by molar-refractivity contribution is 6.35. The number of nitrogens with one attached hydrogen (secondary N) is 2. The number of guanidine groups is 5. The molecule has 4 aromatic carbocycles. The number of ether oxygens (including phenoxy) is 1. The van der Waals surface area contributed by atoms with Crippen LogP contribution in [0, 0.1) is 41.4 Å². The standard InChI is InChI=1S/C24H40N4O2.C23H39N5O2.C22H38N4O2.C18H19N3O2.C17H15Cl2N3O/c1-27-22(30)24(26-23(27)25,13-11-18-7-3-2-4-8-18)16-20-12-14-28(17-20)21(29)15-19-9-5-6-10-19;1-28-21(30)23(27-22(28)24,12-10-16-6-3-2-4-7-16)15-17-8-5-9-18(14-17)26-19-11-13-25-20(19)29;1-3-4-10-19(27)26-14-12-18(16-26)15-22(20(28)25(2)21(23)24-22)13-11-17-8-6-5-7-9-17;1-18(16(22)21(2)17(19)20-18)14-8-4-6-12(10-14)13-7-5-9-15(11-13)23-3;1-17(15(23)22(2)16(20)21-17)12-5-3-4-10(6-12)11-7-13(18)9-14(19)8-11/h18-20H,2-17H2,1H3,(H2,25,26);16-19,26H,2-15H2,1H3,(H2,24,27)(H,25,29);17-18H,3-16H2,1-2H3,(H2,23,24);4-11H,1-3H3,(H2,19,20);3-9H,1-2H3,(H2,20,21)/t20-,24+;17-,18?,19+,23+;18-,22+;;/m101../s1. The Morgan fingerprint density at radius 1 is 0.440 bits per heavy atom. The fourth-order valence-electron chi connectivity index (χ4n) is 23.3. The molecule has 8 aliphatic heterocycles. The monoisotopic (exact) mass is 1880 g/mol. The Kier molecular flexibility index (Phi) is 34.6. The quantitative estimate of drug-likeness (QED) is 0.0292. The molecule has 5 saturated carbocycles. The zero-order chi connectivity index (χ0) is 95.8. The third-order valence-electron chi connectivity index (χ3n) is 31.6. The van der Waals surface area contributed by atoms with Crippen LogP contribution in [0.4, 0.5) is 0 Å². The number of likely N-dealkylation sites (tertiary alicyclic amines) is 2. The van der Waals surface area contributed by atoms with Crippen molar-refractivity contribution < 1.29 is 43.1 Å². The molecule has 8 fully saturated rings. The summed E-state index contributed by atoms with van der Waals surface area (Å²) in [6, 6.07) is 28.8. The third kappa shape index (κ3) is 24.5. The van der Waals surface area contributed by atoms with E-state index in [-0.39, 0.29) is 59.3 Å². The van der Waals surface area contributed by atoms with Gasteiger partial charge < -0.3 is 53.8 Å². The maximum absolute atomic E-state index is 13.3. The molecule has 0 spiro atoms. The zero-order valence-corrected chi connectivity index (χ0v) is 82.7. The van der Waals surface area contributed by atoms with Crippen molar-refractivity contribution in [3.05, 3.63) is 112 Å². The van der Waals surface area contributed by atoms with Crippen LogP contribution < -0.4 is 44.0 Å². The summed E-state index contributed by atoms with van der Waals surface area (Å²) in [5.74, 6) is 6.84.